The van der Waals surface area contributed by atoms with Gasteiger partial charge in [0, 0.05) is 11.1 Å². The van der Waals surface area contributed by atoms with Crippen molar-refractivity contribution in [3.8, 4) is 11.8 Å². The molecule has 0 bridgehead atoms. The summed E-state index contributed by atoms with van der Waals surface area (Å²) < 4.78 is 48.3. The van der Waals surface area contributed by atoms with Gasteiger partial charge in [-0.2, -0.15) is 13.2 Å². The molecule has 6 heteroatoms. The fourth-order valence-electron chi connectivity index (χ4n) is 2.55. The molecule has 31 heavy (non-hydrogen) atoms. The van der Waals surface area contributed by atoms with Gasteiger partial charge in [0.25, 0.3) is 0 Å². The van der Waals surface area contributed by atoms with Crippen molar-refractivity contribution in [2.45, 2.75) is 51.2 Å². The van der Waals surface area contributed by atoms with Gasteiger partial charge in [0.1, 0.15) is 6.10 Å². The fraction of sp³-hybridized carbons (Fsp3) is 0.360. The molecule has 0 aromatic heterocycles. The third-order valence-electron chi connectivity index (χ3n) is 5.55. The van der Waals surface area contributed by atoms with Gasteiger partial charge in [0.2, 0.25) is 0 Å². The van der Waals surface area contributed by atoms with E-state index in [-0.39, 0.29) is 10.6 Å². The van der Waals surface area contributed by atoms with Crippen LogP contribution in [-0.4, -0.2) is 26.2 Å². The van der Waals surface area contributed by atoms with E-state index in [0.29, 0.717) is 11.1 Å². The number of benzene rings is 2. The molecule has 1 N–H and O–H groups in total. The van der Waals surface area contributed by atoms with Crippen LogP contribution >= 0.6 is 0 Å². The molecule has 0 aliphatic heterocycles. The minimum absolute atomic E-state index is 0.252. The van der Waals surface area contributed by atoms with Crippen LogP contribution in [0.15, 0.2) is 71.8 Å². The van der Waals surface area contributed by atoms with Gasteiger partial charge < -0.3 is 9.53 Å². The van der Waals surface area contributed by atoms with Crippen molar-refractivity contribution in [1.82, 2.24) is 0 Å². The molecule has 0 amide bonds. The Morgan fingerprint density at radius 2 is 1.48 bits per heavy atom. The first-order valence-electron chi connectivity index (χ1n) is 10.1. The largest absolute Gasteiger partial charge is 0.415 e. The third-order valence-corrected chi connectivity index (χ3v) is 10.0. The maximum Gasteiger partial charge on any atom is 0.415 e. The van der Waals surface area contributed by atoms with Gasteiger partial charge in [0.05, 0.1) is 12.2 Å². The van der Waals surface area contributed by atoms with Crippen LogP contribution in [0, 0.1) is 11.8 Å². The van der Waals surface area contributed by atoms with Crippen LogP contribution in [0.3, 0.4) is 0 Å². The maximum atomic E-state index is 14.1. The minimum atomic E-state index is -4.70. The molecule has 1 atom stereocenters. The summed E-state index contributed by atoms with van der Waals surface area (Å²) in [7, 11) is -2.46. The summed E-state index contributed by atoms with van der Waals surface area (Å²) >= 11 is 0. The molecular formula is C25H29F3O2Si. The van der Waals surface area contributed by atoms with Gasteiger partial charge in [-0.15, -0.1) is 0 Å². The van der Waals surface area contributed by atoms with Crippen molar-refractivity contribution in [3.63, 3.8) is 0 Å². The number of halogens is 3. The molecule has 0 fully saturated rings. The molecule has 0 heterocycles. The molecular weight excluding hydrogens is 417 g/mol. The number of aliphatic hydroxyl groups is 1. The lowest BCUT2D eigenvalue weighted by molar-refractivity contribution is -0.0986. The highest BCUT2D eigenvalue weighted by Crippen LogP contribution is 2.39. The quantitative estimate of drug-likeness (QED) is 0.411. The highest BCUT2D eigenvalue weighted by molar-refractivity contribution is 6.74. The van der Waals surface area contributed by atoms with Gasteiger partial charge in [-0.25, -0.2) is 0 Å². The predicted octanol–water partition coefficient (Wildman–Crippen LogP) is 6.65. The van der Waals surface area contributed by atoms with Crippen molar-refractivity contribution >= 4 is 8.32 Å². The zero-order valence-electron chi connectivity index (χ0n) is 18.5. The smallest absolute Gasteiger partial charge is 0.413 e. The number of hydrogen-bond donors (Lipinski definition) is 1. The Morgan fingerprint density at radius 3 is 1.97 bits per heavy atom. The lowest BCUT2D eigenvalue weighted by atomic mass is 9.96. The Bertz CT molecular complexity index is 947. The monoisotopic (exact) mass is 446 g/mol. The molecule has 0 saturated carbocycles. The topological polar surface area (TPSA) is 29.5 Å². The van der Waals surface area contributed by atoms with Crippen molar-refractivity contribution in [3.05, 3.63) is 82.9 Å². The Morgan fingerprint density at radius 1 is 0.968 bits per heavy atom. The zero-order valence-corrected chi connectivity index (χ0v) is 19.5. The molecule has 0 aliphatic rings. The Labute approximate surface area is 183 Å². The van der Waals surface area contributed by atoms with Crippen LogP contribution in [0.5, 0.6) is 0 Å². The molecule has 166 valence electrons. The summed E-state index contributed by atoms with van der Waals surface area (Å²) in [6.45, 7) is 9.03. The SMILES string of the molecule is CC(C)(C)[Si](C)(C)OC/C(=C(/C#Cc1ccccc1)C(O)c1ccccc1)C(F)(F)F. The molecule has 1 unspecified atom stereocenters. The Hall–Kier alpha value is -2.33. The minimum Gasteiger partial charge on any atom is -0.413 e. The van der Waals surface area contributed by atoms with Crippen LogP contribution in [0.2, 0.25) is 18.1 Å². The fourth-order valence-corrected chi connectivity index (χ4v) is 3.49. The van der Waals surface area contributed by atoms with Crippen LogP contribution in [0.25, 0.3) is 0 Å². The molecule has 2 rings (SSSR count). The van der Waals surface area contributed by atoms with E-state index in [4.69, 9.17) is 4.43 Å². The van der Waals surface area contributed by atoms with E-state index in [0.717, 1.165) is 0 Å². The van der Waals surface area contributed by atoms with Gasteiger partial charge in [-0.3, -0.25) is 0 Å². The summed E-state index contributed by atoms with van der Waals surface area (Å²) in [5, 5.41) is 10.6. The van der Waals surface area contributed by atoms with Crippen LogP contribution in [0.4, 0.5) is 13.2 Å². The number of alkyl halides is 3. The normalized spacial score (nSPS) is 14.4. The predicted molar refractivity (Wildman–Crippen MR) is 121 cm³/mol. The first-order chi connectivity index (χ1) is 14.3. The first kappa shape index (κ1) is 24.9. The van der Waals surface area contributed by atoms with Crippen LogP contribution in [0.1, 0.15) is 38.0 Å². The van der Waals surface area contributed by atoms with Gasteiger partial charge in [0.15, 0.2) is 8.32 Å². The molecule has 0 saturated heterocycles. The lowest BCUT2D eigenvalue weighted by Gasteiger charge is -2.36. The molecule has 0 spiro atoms. The van der Waals surface area contributed by atoms with Gasteiger partial charge in [-0.05, 0) is 35.8 Å². The second-order valence-electron chi connectivity index (χ2n) is 8.87. The van der Waals surface area contributed by atoms with Crippen LogP contribution in [-0.2, 0) is 4.43 Å². The maximum absolute atomic E-state index is 14.1. The van der Waals surface area contributed by atoms with E-state index in [1.165, 1.54) is 0 Å². The van der Waals surface area contributed by atoms with E-state index in [1.54, 1.807) is 60.7 Å². The average Bonchev–Trinajstić information content (AvgIpc) is 2.69. The van der Waals surface area contributed by atoms with Crippen molar-refractivity contribution in [1.29, 1.82) is 0 Å². The molecule has 2 aromatic rings. The molecule has 0 radical (unpaired) electrons. The zero-order chi connectivity index (χ0) is 23.3. The lowest BCUT2D eigenvalue weighted by Crippen LogP contribution is -2.42. The van der Waals surface area contributed by atoms with Crippen LogP contribution < -0.4 is 0 Å². The standard InChI is InChI=1S/C25H29F3O2Si/c1-24(2,3)31(4,5)30-18-22(25(26,27)28)21(17-16-19-12-8-6-9-13-19)23(29)20-14-10-7-11-15-20/h6-15,23,29H,18H2,1-5H3/b22-21+. The van der Waals surface area contributed by atoms with E-state index in [9.17, 15) is 18.3 Å². The third kappa shape index (κ3) is 6.83. The highest BCUT2D eigenvalue weighted by atomic mass is 28.4. The summed E-state index contributed by atoms with van der Waals surface area (Å²) in [4.78, 5) is 0. The number of hydrogen-bond acceptors (Lipinski definition) is 2. The number of aliphatic hydroxyl groups excluding tert-OH is 1. The second kappa shape index (κ2) is 9.86. The number of rotatable bonds is 5. The van der Waals surface area contributed by atoms with Crippen molar-refractivity contribution in [2.75, 3.05) is 6.61 Å². The summed E-state index contributed by atoms with van der Waals surface area (Å²) in [6, 6.07) is 17.0. The van der Waals surface area contributed by atoms with E-state index in [2.05, 4.69) is 11.8 Å². The van der Waals surface area contributed by atoms with Gasteiger partial charge in [-0.1, -0.05) is 81.1 Å². The van der Waals surface area contributed by atoms with E-state index in [1.807, 2.05) is 33.9 Å². The second-order valence-corrected chi connectivity index (χ2v) is 13.7. The van der Waals surface area contributed by atoms with Crippen molar-refractivity contribution in [2.24, 2.45) is 0 Å². The average molecular weight is 447 g/mol. The first-order valence-corrected chi connectivity index (χ1v) is 13.0. The molecule has 0 aliphatic carbocycles. The Kier molecular flexibility index (Phi) is 7.93. The summed E-state index contributed by atoms with van der Waals surface area (Å²) in [5.41, 5.74) is -0.431. The highest BCUT2D eigenvalue weighted by Gasteiger charge is 2.42. The van der Waals surface area contributed by atoms with Crippen molar-refractivity contribution < 1.29 is 22.7 Å². The Balaban J connectivity index is 2.59. The summed E-state index contributed by atoms with van der Waals surface area (Å²) in [6.07, 6.45) is -6.21. The van der Waals surface area contributed by atoms with E-state index < -0.39 is 32.8 Å². The molecule has 2 aromatic carbocycles. The van der Waals surface area contributed by atoms with E-state index >= 15 is 0 Å². The van der Waals surface area contributed by atoms with Gasteiger partial charge >= 0.3 is 6.18 Å². The summed E-state index contributed by atoms with van der Waals surface area (Å²) in [5.74, 6) is 5.37. The molecule has 2 nitrogen and oxygen atoms in total.